The van der Waals surface area contributed by atoms with Gasteiger partial charge in [-0.25, -0.2) is 4.98 Å². The molecule has 2 N–H and O–H groups in total. The van der Waals surface area contributed by atoms with E-state index < -0.39 is 17.6 Å². The van der Waals surface area contributed by atoms with Crippen LogP contribution in [0.3, 0.4) is 0 Å². The molecule has 0 unspecified atom stereocenters. The van der Waals surface area contributed by atoms with Crippen LogP contribution in [0.1, 0.15) is 29.3 Å². The normalized spacial score (nSPS) is 11.6. The van der Waals surface area contributed by atoms with Gasteiger partial charge in [-0.3, -0.25) is 4.79 Å². The first-order valence-electron chi connectivity index (χ1n) is 8.36. The van der Waals surface area contributed by atoms with Crippen LogP contribution in [0.4, 0.5) is 13.2 Å². The monoisotopic (exact) mass is 374 g/mol. The summed E-state index contributed by atoms with van der Waals surface area (Å²) in [4.78, 5) is 16.6. The number of amides is 1. The van der Waals surface area contributed by atoms with Gasteiger partial charge in [0, 0.05) is 10.9 Å². The van der Waals surface area contributed by atoms with E-state index in [4.69, 9.17) is 10.5 Å². The van der Waals surface area contributed by atoms with E-state index in [0.29, 0.717) is 17.3 Å². The van der Waals surface area contributed by atoms with E-state index in [-0.39, 0.29) is 29.2 Å². The smallest absolute Gasteiger partial charge is 0.416 e. The SMILES string of the molecule is CCCOc1c(-c2cccc(C(F)(F)F)c2)nc2ccccc2c1C(N)=O. The zero-order valence-corrected chi connectivity index (χ0v) is 14.5. The van der Waals surface area contributed by atoms with Crippen LogP contribution >= 0.6 is 0 Å². The highest BCUT2D eigenvalue weighted by atomic mass is 19.4. The summed E-state index contributed by atoms with van der Waals surface area (Å²) in [7, 11) is 0. The predicted molar refractivity (Wildman–Crippen MR) is 96.5 cm³/mol. The molecular weight excluding hydrogens is 357 g/mol. The maximum atomic E-state index is 13.1. The molecule has 0 aliphatic carbocycles. The van der Waals surface area contributed by atoms with Gasteiger partial charge in [0.25, 0.3) is 5.91 Å². The second-order valence-electron chi connectivity index (χ2n) is 5.97. The summed E-state index contributed by atoms with van der Waals surface area (Å²) in [6.07, 6.45) is -3.85. The van der Waals surface area contributed by atoms with Gasteiger partial charge in [-0.1, -0.05) is 37.3 Å². The lowest BCUT2D eigenvalue weighted by Gasteiger charge is -2.17. The van der Waals surface area contributed by atoms with E-state index in [1.54, 1.807) is 24.3 Å². The minimum atomic E-state index is -4.50. The lowest BCUT2D eigenvalue weighted by atomic mass is 10.0. The molecule has 7 heteroatoms. The Kier molecular flexibility index (Phi) is 5.03. The lowest BCUT2D eigenvalue weighted by Crippen LogP contribution is -2.15. The van der Waals surface area contributed by atoms with Crippen molar-refractivity contribution in [2.45, 2.75) is 19.5 Å². The number of nitrogens with zero attached hydrogens (tertiary/aromatic N) is 1. The number of carbonyl (C=O) groups excluding carboxylic acids is 1. The third kappa shape index (κ3) is 3.72. The van der Waals surface area contributed by atoms with Crippen LogP contribution in [0.25, 0.3) is 22.2 Å². The van der Waals surface area contributed by atoms with Crippen LogP contribution in [-0.4, -0.2) is 17.5 Å². The molecule has 0 fully saturated rings. The van der Waals surface area contributed by atoms with Crippen molar-refractivity contribution in [1.82, 2.24) is 4.98 Å². The van der Waals surface area contributed by atoms with Gasteiger partial charge in [-0.15, -0.1) is 0 Å². The number of para-hydroxylation sites is 1. The number of aromatic nitrogens is 1. The first-order chi connectivity index (χ1) is 12.8. The van der Waals surface area contributed by atoms with Crippen LogP contribution in [0, 0.1) is 0 Å². The van der Waals surface area contributed by atoms with Gasteiger partial charge in [0.1, 0.15) is 5.69 Å². The number of nitrogens with two attached hydrogens (primary N) is 1. The molecule has 0 aliphatic rings. The Morgan fingerprint density at radius 1 is 1.15 bits per heavy atom. The van der Waals surface area contributed by atoms with E-state index in [0.717, 1.165) is 12.1 Å². The summed E-state index contributed by atoms with van der Waals surface area (Å²) in [5, 5.41) is 0.492. The first-order valence-corrected chi connectivity index (χ1v) is 8.36. The highest BCUT2D eigenvalue weighted by Gasteiger charge is 2.31. The average molecular weight is 374 g/mol. The molecule has 1 amide bonds. The third-order valence-electron chi connectivity index (χ3n) is 4.01. The molecule has 0 aliphatic heterocycles. The fraction of sp³-hybridized carbons (Fsp3) is 0.200. The van der Waals surface area contributed by atoms with Gasteiger partial charge < -0.3 is 10.5 Å². The van der Waals surface area contributed by atoms with Gasteiger partial charge in [0.2, 0.25) is 0 Å². The number of primary amides is 1. The summed E-state index contributed by atoms with van der Waals surface area (Å²) in [5.74, 6) is -0.629. The first kappa shape index (κ1) is 18.7. The Bertz CT molecular complexity index is 1000. The quantitative estimate of drug-likeness (QED) is 0.697. The zero-order valence-electron chi connectivity index (χ0n) is 14.5. The Morgan fingerprint density at radius 2 is 1.89 bits per heavy atom. The number of ether oxygens (including phenoxy) is 1. The lowest BCUT2D eigenvalue weighted by molar-refractivity contribution is -0.137. The van der Waals surface area contributed by atoms with Gasteiger partial charge in [-0.05, 0) is 24.6 Å². The van der Waals surface area contributed by atoms with Gasteiger partial charge in [0.05, 0.1) is 23.3 Å². The molecular formula is C20H17F3N2O2. The molecule has 27 heavy (non-hydrogen) atoms. The summed E-state index contributed by atoms with van der Waals surface area (Å²) in [6, 6.07) is 11.6. The number of rotatable bonds is 5. The molecule has 0 atom stereocenters. The van der Waals surface area contributed by atoms with Crippen molar-refractivity contribution in [3.05, 3.63) is 59.7 Å². The molecule has 1 heterocycles. The number of alkyl halides is 3. The number of halogens is 3. The number of pyridine rings is 1. The van der Waals surface area contributed by atoms with Gasteiger partial charge >= 0.3 is 6.18 Å². The molecule has 0 saturated heterocycles. The maximum absolute atomic E-state index is 13.1. The number of benzene rings is 2. The van der Waals surface area contributed by atoms with Crippen LogP contribution in [0.5, 0.6) is 5.75 Å². The molecule has 3 rings (SSSR count). The number of hydrogen-bond donors (Lipinski definition) is 1. The molecule has 140 valence electrons. The summed E-state index contributed by atoms with van der Waals surface area (Å²) < 4.78 is 45.1. The summed E-state index contributed by atoms with van der Waals surface area (Å²) in [6.45, 7) is 2.15. The fourth-order valence-electron chi connectivity index (χ4n) is 2.82. The predicted octanol–water partition coefficient (Wildman–Crippen LogP) is 4.81. The van der Waals surface area contributed by atoms with E-state index in [9.17, 15) is 18.0 Å². The van der Waals surface area contributed by atoms with Crippen LogP contribution in [0.2, 0.25) is 0 Å². The molecule has 2 aromatic carbocycles. The van der Waals surface area contributed by atoms with Gasteiger partial charge in [-0.2, -0.15) is 13.2 Å². The van der Waals surface area contributed by atoms with Crippen molar-refractivity contribution in [1.29, 1.82) is 0 Å². The highest BCUT2D eigenvalue weighted by Crippen LogP contribution is 2.38. The van der Waals surface area contributed by atoms with E-state index in [1.807, 2.05) is 6.92 Å². The Labute approximate surface area is 153 Å². The Morgan fingerprint density at radius 3 is 2.56 bits per heavy atom. The zero-order chi connectivity index (χ0) is 19.6. The number of hydrogen-bond acceptors (Lipinski definition) is 3. The van der Waals surface area contributed by atoms with Crippen molar-refractivity contribution < 1.29 is 22.7 Å². The van der Waals surface area contributed by atoms with Crippen LogP contribution in [0.15, 0.2) is 48.5 Å². The van der Waals surface area contributed by atoms with Crippen molar-refractivity contribution in [2.75, 3.05) is 6.61 Å². The molecule has 3 aromatic rings. The minimum Gasteiger partial charge on any atom is -0.490 e. The van der Waals surface area contributed by atoms with Crippen LogP contribution < -0.4 is 10.5 Å². The van der Waals surface area contributed by atoms with Crippen molar-refractivity contribution >= 4 is 16.8 Å². The topological polar surface area (TPSA) is 65.2 Å². The van der Waals surface area contributed by atoms with Crippen molar-refractivity contribution in [2.24, 2.45) is 5.73 Å². The van der Waals surface area contributed by atoms with Crippen molar-refractivity contribution in [3.63, 3.8) is 0 Å². The van der Waals surface area contributed by atoms with Gasteiger partial charge in [0.15, 0.2) is 5.75 Å². The standard InChI is InChI=1S/C20H17F3N2O2/c1-2-10-27-18-16(19(24)26)14-8-3-4-9-15(14)25-17(18)12-6-5-7-13(11-12)20(21,22)23/h3-9,11H,2,10H2,1H3,(H2,24,26). The molecule has 0 radical (unpaired) electrons. The maximum Gasteiger partial charge on any atom is 0.416 e. The largest absolute Gasteiger partial charge is 0.490 e. The average Bonchev–Trinajstić information content (AvgIpc) is 2.64. The van der Waals surface area contributed by atoms with E-state index in [1.165, 1.54) is 12.1 Å². The highest BCUT2D eigenvalue weighted by molar-refractivity contribution is 6.09. The summed E-state index contributed by atoms with van der Waals surface area (Å²) in [5.41, 5.74) is 5.68. The molecule has 1 aromatic heterocycles. The molecule has 0 spiro atoms. The fourth-order valence-corrected chi connectivity index (χ4v) is 2.82. The minimum absolute atomic E-state index is 0.0994. The number of fused-ring (bicyclic) bond motifs is 1. The van der Waals surface area contributed by atoms with Crippen LogP contribution in [-0.2, 0) is 6.18 Å². The Hall–Kier alpha value is -3.09. The van der Waals surface area contributed by atoms with Crippen molar-refractivity contribution in [3.8, 4) is 17.0 Å². The molecule has 4 nitrogen and oxygen atoms in total. The van der Waals surface area contributed by atoms with E-state index >= 15 is 0 Å². The van der Waals surface area contributed by atoms with E-state index in [2.05, 4.69) is 4.98 Å². The Balaban J connectivity index is 2.33. The molecule has 0 saturated carbocycles. The third-order valence-corrected chi connectivity index (χ3v) is 4.01. The second kappa shape index (κ2) is 7.26. The molecule has 0 bridgehead atoms. The summed E-state index contributed by atoms with van der Waals surface area (Å²) >= 11 is 0. The second-order valence-corrected chi connectivity index (χ2v) is 5.97. The number of carbonyl (C=O) groups is 1.